The molecule has 5 aliphatic rings. The molecule has 2 bridgehead atoms. The second-order valence-corrected chi connectivity index (χ2v) is 18.2. The van der Waals surface area contributed by atoms with Crippen molar-refractivity contribution in [1.29, 1.82) is 0 Å². The predicted octanol–water partition coefficient (Wildman–Crippen LogP) is 6.96. The molecule has 1 aliphatic heterocycles. The van der Waals surface area contributed by atoms with E-state index in [1.165, 1.54) is 13.2 Å². The first kappa shape index (κ1) is 40.7. The van der Waals surface area contributed by atoms with Crippen molar-refractivity contribution < 1.29 is 35.1 Å². The van der Waals surface area contributed by atoms with Crippen molar-refractivity contribution in [1.82, 2.24) is 10.6 Å². The van der Waals surface area contributed by atoms with Crippen molar-refractivity contribution in [2.24, 2.45) is 29.6 Å². The summed E-state index contributed by atoms with van der Waals surface area (Å²) in [5, 5.41) is 65.4. The van der Waals surface area contributed by atoms with Crippen LogP contribution < -0.4 is 15.4 Å². The number of nitrogens with one attached hydrogen (secondary N) is 2. The zero-order valence-electron chi connectivity index (χ0n) is 34.4. The molecule has 310 valence electrons. The molecule has 2 saturated carbocycles. The number of piperidine rings is 1. The van der Waals surface area contributed by atoms with Gasteiger partial charge in [-0.15, -0.1) is 0 Å². The maximum absolute atomic E-state index is 15.6. The van der Waals surface area contributed by atoms with Gasteiger partial charge in [-0.3, -0.25) is 4.79 Å². The third-order valence-corrected chi connectivity index (χ3v) is 15.4. The summed E-state index contributed by atoms with van der Waals surface area (Å²) in [7, 11) is 3.45. The molecule has 1 heterocycles. The van der Waals surface area contributed by atoms with E-state index in [0.29, 0.717) is 37.8 Å². The number of phenols is 3. The van der Waals surface area contributed by atoms with Crippen molar-refractivity contribution in [3.05, 3.63) is 82.4 Å². The van der Waals surface area contributed by atoms with Crippen molar-refractivity contribution >= 4 is 5.78 Å². The molecule has 1 saturated heterocycles. The molecule has 1 spiro atoms. The molecule has 0 unspecified atom stereocenters. The Hall–Kier alpha value is -4.07. The molecule has 3 aromatic carbocycles. The predicted molar refractivity (Wildman–Crippen MR) is 224 cm³/mol. The van der Waals surface area contributed by atoms with Gasteiger partial charge in [-0.25, -0.2) is 0 Å². The van der Waals surface area contributed by atoms with E-state index >= 15 is 4.79 Å². The summed E-state index contributed by atoms with van der Waals surface area (Å²) in [6, 6.07) is 17.1. The molecule has 8 rings (SSSR count). The molecule has 0 amide bonds. The molecule has 58 heavy (non-hydrogen) atoms. The van der Waals surface area contributed by atoms with E-state index < -0.39 is 28.8 Å². The van der Waals surface area contributed by atoms with E-state index in [1.807, 2.05) is 25.2 Å². The number of aliphatic hydroxyl groups is 2. The number of ether oxygens (including phenoxy) is 1. The smallest absolute Gasteiger partial charge is 0.160 e. The van der Waals surface area contributed by atoms with Crippen LogP contribution in [0.15, 0.2) is 54.6 Å². The quantitative estimate of drug-likeness (QED) is 0.0621. The molecule has 3 fully saturated rings. The molecule has 0 aromatic heterocycles. The van der Waals surface area contributed by atoms with Crippen molar-refractivity contribution in [3.63, 3.8) is 0 Å². The SMILES string of the molecule is CCCCC[C@@H]1C(=O)C[C@@H](c2cc(OC)c(O)cc2CO)[C@@H](Cc2ccccc2)C#C[C@@H]2CN[C@@]34CCC[C@H]5C[C@H](CNC)c6cc(O)c(O)cc6[C@]53[C@@H]2[C@]1(O)CC4. The molecule has 3 aromatic rings. The van der Waals surface area contributed by atoms with Crippen molar-refractivity contribution in [3.8, 4) is 34.8 Å². The van der Waals surface area contributed by atoms with Gasteiger partial charge in [-0.1, -0.05) is 74.8 Å². The van der Waals surface area contributed by atoms with Crippen molar-refractivity contribution in [2.45, 2.75) is 119 Å². The maximum Gasteiger partial charge on any atom is 0.160 e. The lowest BCUT2D eigenvalue weighted by Gasteiger charge is -2.73. The highest BCUT2D eigenvalue weighted by molar-refractivity contribution is 5.84. The summed E-state index contributed by atoms with van der Waals surface area (Å²) in [5.41, 5.74) is 1.93. The number of carbonyl (C=O) groups is 1. The van der Waals surface area contributed by atoms with Crippen LogP contribution in [0.4, 0.5) is 0 Å². The number of benzene rings is 3. The molecule has 7 N–H and O–H groups in total. The monoisotopic (exact) mass is 790 g/mol. The van der Waals surface area contributed by atoms with Gasteiger partial charge in [0.15, 0.2) is 23.0 Å². The van der Waals surface area contributed by atoms with Gasteiger partial charge in [0.25, 0.3) is 0 Å². The number of fused-ring (bicyclic) bond motifs is 1. The number of ketones is 1. The maximum atomic E-state index is 15.6. The van der Waals surface area contributed by atoms with E-state index in [-0.39, 0.29) is 71.0 Å². The third kappa shape index (κ3) is 6.50. The van der Waals surface area contributed by atoms with E-state index in [9.17, 15) is 25.5 Å². The standard InChI is InChI=1S/C49H62N2O7/c1-4-5-7-14-39-41(53)23-36(37-25-45(58-3)44(56)22-34(37)29-52)31(20-30-11-8-6-9-12-30)15-16-32-28-51-47-17-10-13-35-21-33(27-50-2)38-24-42(54)43(55)26-40(38)49(35,47)46(32)48(39,57)19-18-47/h6,8-9,11-12,22,24-26,31-33,35-36,39,46,50-52,54-57H,4-5,7,10,13-14,17-21,23,27-29H2,1-3H3/t31-,32-,33-,35+,36-,39-,46+,47-,48+,49+/m1/s1. The Balaban J connectivity index is 1.39. The third-order valence-electron chi connectivity index (χ3n) is 15.4. The summed E-state index contributed by atoms with van der Waals surface area (Å²) >= 11 is 0. The van der Waals surface area contributed by atoms with Crippen molar-refractivity contribution in [2.75, 3.05) is 27.2 Å². The Morgan fingerprint density at radius 1 is 0.966 bits per heavy atom. The van der Waals surface area contributed by atoms with Gasteiger partial charge in [0.05, 0.1) is 19.3 Å². The Morgan fingerprint density at radius 2 is 1.76 bits per heavy atom. The van der Waals surface area contributed by atoms with E-state index in [1.54, 1.807) is 18.2 Å². The number of unbranched alkanes of at least 4 members (excludes halogenated alkanes) is 2. The van der Waals surface area contributed by atoms with Crippen LogP contribution >= 0.6 is 0 Å². The van der Waals surface area contributed by atoms with Gasteiger partial charge in [-0.2, -0.15) is 0 Å². The summed E-state index contributed by atoms with van der Waals surface area (Å²) in [6.07, 6.45) is 8.93. The number of methoxy groups -OCH3 is 1. The highest BCUT2D eigenvalue weighted by Gasteiger charge is 2.74. The van der Waals surface area contributed by atoms with Crippen LogP contribution in [0.5, 0.6) is 23.0 Å². The van der Waals surface area contributed by atoms with Crippen LogP contribution in [0.2, 0.25) is 0 Å². The van der Waals surface area contributed by atoms with Gasteiger partial charge in [-0.05, 0) is 116 Å². The average Bonchev–Trinajstić information content (AvgIpc) is 3.22. The number of phenolic OH excluding ortho intramolecular Hbond substituents is 3. The van der Waals surface area contributed by atoms with Crippen LogP contribution in [0, 0.1) is 41.4 Å². The first-order chi connectivity index (χ1) is 28.0. The minimum absolute atomic E-state index is 0.00693. The fourth-order valence-corrected chi connectivity index (χ4v) is 13.2. The van der Waals surface area contributed by atoms with Gasteiger partial charge >= 0.3 is 0 Å². The number of hydrogen-bond donors (Lipinski definition) is 7. The van der Waals surface area contributed by atoms with Crippen LogP contribution in [0.1, 0.15) is 117 Å². The topological polar surface area (TPSA) is 152 Å². The normalized spacial score (nSPS) is 33.8. The lowest BCUT2D eigenvalue weighted by Crippen LogP contribution is -2.81. The second kappa shape index (κ2) is 16.2. The van der Waals surface area contributed by atoms with E-state index in [0.717, 1.165) is 73.7 Å². The number of carbonyl (C=O) groups excluding carboxylic acids is 1. The number of likely N-dealkylation sites (N-methyl/N-ethyl adjacent to an activating group) is 1. The van der Waals surface area contributed by atoms with Gasteiger partial charge in [0.1, 0.15) is 5.78 Å². The van der Waals surface area contributed by atoms with E-state index in [2.05, 4.69) is 41.5 Å². The minimum atomic E-state index is -1.39. The van der Waals surface area contributed by atoms with Gasteiger partial charge in [0, 0.05) is 60.1 Å². The molecule has 9 heteroatoms. The summed E-state index contributed by atoms with van der Waals surface area (Å²) in [5.74, 6) is 5.60. The molecular weight excluding hydrogens is 729 g/mol. The highest BCUT2D eigenvalue weighted by atomic mass is 16.5. The summed E-state index contributed by atoms with van der Waals surface area (Å²) in [6.45, 7) is 3.12. The van der Waals surface area contributed by atoms with Crippen LogP contribution in [0.25, 0.3) is 0 Å². The zero-order chi connectivity index (χ0) is 40.8. The zero-order valence-corrected chi connectivity index (χ0v) is 34.4. The Bertz CT molecular complexity index is 2060. The Labute approximate surface area is 343 Å². The molecule has 0 radical (unpaired) electrons. The average molecular weight is 791 g/mol. The van der Waals surface area contributed by atoms with Crippen LogP contribution in [-0.4, -0.2) is 69.7 Å². The Kier molecular flexibility index (Phi) is 11.4. The molecular formula is C49H62N2O7. The van der Waals surface area contributed by atoms with Crippen LogP contribution in [0.3, 0.4) is 0 Å². The lowest BCUT2D eigenvalue weighted by molar-refractivity contribution is -0.213. The lowest BCUT2D eigenvalue weighted by atomic mass is 9.34. The Morgan fingerprint density at radius 3 is 2.50 bits per heavy atom. The number of rotatable bonds is 11. The number of hydrogen-bond acceptors (Lipinski definition) is 9. The molecule has 9 nitrogen and oxygen atoms in total. The van der Waals surface area contributed by atoms with Gasteiger partial charge in [0.2, 0.25) is 0 Å². The summed E-state index contributed by atoms with van der Waals surface area (Å²) in [4.78, 5) is 15.6. The first-order valence-corrected chi connectivity index (χ1v) is 21.8. The minimum Gasteiger partial charge on any atom is -0.504 e. The number of aromatic hydroxyl groups is 3. The fraction of sp³-hybridized carbons (Fsp3) is 0.571. The number of aliphatic hydroxyl groups excluding tert-OH is 1. The molecule has 4 aliphatic carbocycles. The summed E-state index contributed by atoms with van der Waals surface area (Å²) < 4.78 is 5.60. The number of Topliss-reactive ketones (excluding diaryl/α,β-unsaturated/α-hetero) is 1. The highest BCUT2D eigenvalue weighted by Crippen LogP contribution is 2.71. The largest absolute Gasteiger partial charge is 0.504 e. The van der Waals surface area contributed by atoms with E-state index in [4.69, 9.17) is 4.74 Å². The fourth-order valence-electron chi connectivity index (χ4n) is 13.2. The molecule has 10 atom stereocenters. The second-order valence-electron chi connectivity index (χ2n) is 18.2. The van der Waals surface area contributed by atoms with Gasteiger partial charge < -0.3 is 40.9 Å². The van der Waals surface area contributed by atoms with Crippen LogP contribution in [-0.2, 0) is 23.2 Å². The first-order valence-electron chi connectivity index (χ1n) is 21.8.